The Labute approximate surface area is 147 Å². The largest absolute Gasteiger partial charge is 0.482 e. The molecule has 25 heavy (non-hydrogen) atoms. The van der Waals surface area contributed by atoms with Gasteiger partial charge < -0.3 is 15.0 Å². The summed E-state index contributed by atoms with van der Waals surface area (Å²) in [6, 6.07) is 12.9. The molecule has 2 amide bonds. The van der Waals surface area contributed by atoms with Crippen LogP contribution < -0.4 is 15.0 Å². The Kier molecular flexibility index (Phi) is 4.25. The molecule has 0 fully saturated rings. The first-order chi connectivity index (χ1) is 11.8. The van der Waals surface area contributed by atoms with Gasteiger partial charge in [0.25, 0.3) is 11.8 Å². The molecular formula is C20H22N2O3. The third kappa shape index (κ3) is 3.50. The number of carbonyl (C=O) groups is 2. The maximum atomic E-state index is 12.5. The number of nitrogens with one attached hydrogen (secondary N) is 1. The third-order valence-electron chi connectivity index (χ3n) is 4.32. The van der Waals surface area contributed by atoms with Crippen molar-refractivity contribution in [3.63, 3.8) is 0 Å². The highest BCUT2D eigenvalue weighted by Gasteiger charge is 2.22. The van der Waals surface area contributed by atoms with Crippen molar-refractivity contribution in [2.45, 2.75) is 26.2 Å². The van der Waals surface area contributed by atoms with Crippen molar-refractivity contribution in [2.24, 2.45) is 0 Å². The van der Waals surface area contributed by atoms with E-state index in [1.165, 1.54) is 10.5 Å². The second-order valence-corrected chi connectivity index (χ2v) is 7.21. The van der Waals surface area contributed by atoms with Gasteiger partial charge >= 0.3 is 0 Å². The summed E-state index contributed by atoms with van der Waals surface area (Å²) in [7, 11) is 1.69. The van der Waals surface area contributed by atoms with Gasteiger partial charge in [0.05, 0.1) is 5.69 Å². The number of anilines is 2. The van der Waals surface area contributed by atoms with Crippen molar-refractivity contribution in [3.05, 3.63) is 53.6 Å². The summed E-state index contributed by atoms with van der Waals surface area (Å²) in [6.07, 6.45) is 0. The number of hydrogen-bond donors (Lipinski definition) is 1. The van der Waals surface area contributed by atoms with E-state index < -0.39 is 0 Å². The van der Waals surface area contributed by atoms with Crippen LogP contribution in [0.2, 0.25) is 0 Å². The second kappa shape index (κ2) is 6.24. The van der Waals surface area contributed by atoms with Gasteiger partial charge in [-0.25, -0.2) is 0 Å². The van der Waals surface area contributed by atoms with Gasteiger partial charge in [0.15, 0.2) is 6.61 Å². The fourth-order valence-corrected chi connectivity index (χ4v) is 2.67. The van der Waals surface area contributed by atoms with E-state index in [9.17, 15) is 9.59 Å². The zero-order valence-electron chi connectivity index (χ0n) is 14.9. The Bertz CT molecular complexity index is 820. The summed E-state index contributed by atoms with van der Waals surface area (Å²) in [5, 5.41) is 2.87. The van der Waals surface area contributed by atoms with E-state index in [1.807, 2.05) is 24.3 Å². The van der Waals surface area contributed by atoms with Crippen LogP contribution in [0.1, 0.15) is 36.7 Å². The third-order valence-corrected chi connectivity index (χ3v) is 4.32. The Morgan fingerprint density at radius 1 is 1.12 bits per heavy atom. The maximum absolute atomic E-state index is 12.5. The van der Waals surface area contributed by atoms with Crippen molar-refractivity contribution < 1.29 is 14.3 Å². The van der Waals surface area contributed by atoms with Crippen molar-refractivity contribution in [3.8, 4) is 5.75 Å². The van der Waals surface area contributed by atoms with Crippen molar-refractivity contribution in [1.82, 2.24) is 0 Å². The number of nitrogens with zero attached hydrogens (tertiary/aromatic N) is 1. The summed E-state index contributed by atoms with van der Waals surface area (Å²) in [5.74, 6) is 0.328. The van der Waals surface area contributed by atoms with Gasteiger partial charge in [-0.15, -0.1) is 0 Å². The monoisotopic (exact) mass is 338 g/mol. The minimum Gasteiger partial charge on any atom is -0.482 e. The van der Waals surface area contributed by atoms with Gasteiger partial charge in [0.1, 0.15) is 5.75 Å². The molecule has 130 valence electrons. The lowest BCUT2D eigenvalue weighted by Crippen LogP contribution is -2.35. The predicted molar refractivity (Wildman–Crippen MR) is 98.4 cm³/mol. The standard InChI is InChI=1S/C20H22N2O3/c1-20(2,3)14-7-5-13(6-8-14)19(24)21-15-9-10-17-16(11-15)22(4)18(23)12-25-17/h5-11H,12H2,1-4H3,(H,21,24). The van der Waals surface area contributed by atoms with Gasteiger partial charge in [-0.2, -0.15) is 0 Å². The number of hydrogen-bond acceptors (Lipinski definition) is 3. The Morgan fingerprint density at radius 3 is 2.44 bits per heavy atom. The first-order valence-corrected chi connectivity index (χ1v) is 8.21. The van der Waals surface area contributed by atoms with Crippen LogP contribution in [-0.4, -0.2) is 25.5 Å². The molecule has 0 unspecified atom stereocenters. The quantitative estimate of drug-likeness (QED) is 0.910. The summed E-state index contributed by atoms with van der Waals surface area (Å²) in [4.78, 5) is 25.7. The molecule has 0 aliphatic carbocycles. The number of carbonyl (C=O) groups excluding carboxylic acids is 2. The molecule has 1 aliphatic rings. The number of amides is 2. The molecule has 5 heteroatoms. The highest BCUT2D eigenvalue weighted by Crippen LogP contribution is 2.33. The molecule has 5 nitrogen and oxygen atoms in total. The fraction of sp³-hybridized carbons (Fsp3) is 0.300. The van der Waals surface area contributed by atoms with Gasteiger partial charge in [-0.1, -0.05) is 32.9 Å². The molecule has 0 bridgehead atoms. The van der Waals surface area contributed by atoms with E-state index in [-0.39, 0.29) is 23.8 Å². The molecule has 0 saturated carbocycles. The molecule has 2 aromatic rings. The van der Waals surface area contributed by atoms with Crippen LogP contribution in [0.15, 0.2) is 42.5 Å². The van der Waals surface area contributed by atoms with Crippen LogP contribution in [-0.2, 0) is 10.2 Å². The molecule has 0 atom stereocenters. The highest BCUT2D eigenvalue weighted by atomic mass is 16.5. The van der Waals surface area contributed by atoms with Crippen LogP contribution >= 0.6 is 0 Å². The maximum Gasteiger partial charge on any atom is 0.264 e. The summed E-state index contributed by atoms with van der Waals surface area (Å²) < 4.78 is 5.39. The van der Waals surface area contributed by atoms with E-state index in [2.05, 4.69) is 26.1 Å². The van der Waals surface area contributed by atoms with Gasteiger partial charge in [-0.05, 0) is 41.3 Å². The summed E-state index contributed by atoms with van der Waals surface area (Å²) in [6.45, 7) is 6.44. The zero-order chi connectivity index (χ0) is 18.2. The van der Waals surface area contributed by atoms with E-state index >= 15 is 0 Å². The lowest BCUT2D eigenvalue weighted by molar-refractivity contribution is -0.120. The minimum absolute atomic E-state index is 0.0370. The Morgan fingerprint density at radius 2 is 1.80 bits per heavy atom. The Hall–Kier alpha value is -2.82. The smallest absolute Gasteiger partial charge is 0.264 e. The molecule has 0 radical (unpaired) electrons. The predicted octanol–water partition coefficient (Wildman–Crippen LogP) is 3.59. The SMILES string of the molecule is CN1C(=O)COc2ccc(NC(=O)c3ccc(C(C)(C)C)cc3)cc21. The Balaban J connectivity index is 1.78. The van der Waals surface area contributed by atoms with Gasteiger partial charge in [-0.3, -0.25) is 9.59 Å². The first-order valence-electron chi connectivity index (χ1n) is 8.21. The fourth-order valence-electron chi connectivity index (χ4n) is 2.67. The first kappa shape index (κ1) is 17.0. The molecule has 0 aromatic heterocycles. The van der Waals surface area contributed by atoms with Crippen LogP contribution in [0, 0.1) is 0 Å². The van der Waals surface area contributed by atoms with E-state index in [0.717, 1.165) is 0 Å². The molecule has 2 aromatic carbocycles. The number of likely N-dealkylation sites (N-methyl/N-ethyl adjacent to an activating group) is 1. The summed E-state index contributed by atoms with van der Waals surface area (Å²) in [5.41, 5.74) is 3.08. The average molecular weight is 338 g/mol. The lowest BCUT2D eigenvalue weighted by Gasteiger charge is -2.26. The number of fused-ring (bicyclic) bond motifs is 1. The highest BCUT2D eigenvalue weighted by molar-refractivity contribution is 6.05. The number of ether oxygens (including phenoxy) is 1. The number of rotatable bonds is 2. The van der Waals surface area contributed by atoms with E-state index in [0.29, 0.717) is 22.7 Å². The number of benzene rings is 2. The van der Waals surface area contributed by atoms with E-state index in [4.69, 9.17) is 4.74 Å². The normalized spacial score (nSPS) is 13.9. The molecule has 1 aliphatic heterocycles. The molecule has 1 heterocycles. The van der Waals surface area contributed by atoms with Crippen LogP contribution in [0.4, 0.5) is 11.4 Å². The molecular weight excluding hydrogens is 316 g/mol. The molecule has 1 N–H and O–H groups in total. The summed E-state index contributed by atoms with van der Waals surface area (Å²) >= 11 is 0. The van der Waals surface area contributed by atoms with Crippen LogP contribution in [0.25, 0.3) is 0 Å². The topological polar surface area (TPSA) is 58.6 Å². The van der Waals surface area contributed by atoms with Crippen LogP contribution in [0.5, 0.6) is 5.75 Å². The molecule has 3 rings (SSSR count). The van der Waals surface area contributed by atoms with E-state index in [1.54, 1.807) is 25.2 Å². The molecule has 0 spiro atoms. The lowest BCUT2D eigenvalue weighted by atomic mass is 9.87. The van der Waals surface area contributed by atoms with Crippen LogP contribution in [0.3, 0.4) is 0 Å². The van der Waals surface area contributed by atoms with Gasteiger partial charge in [0, 0.05) is 18.3 Å². The van der Waals surface area contributed by atoms with Crippen molar-refractivity contribution >= 4 is 23.2 Å². The zero-order valence-corrected chi connectivity index (χ0v) is 14.9. The average Bonchev–Trinajstić information content (AvgIpc) is 2.58. The van der Waals surface area contributed by atoms with Crippen molar-refractivity contribution in [2.75, 3.05) is 23.9 Å². The minimum atomic E-state index is -0.189. The van der Waals surface area contributed by atoms with Gasteiger partial charge in [0.2, 0.25) is 0 Å². The molecule has 0 saturated heterocycles. The second-order valence-electron chi connectivity index (χ2n) is 7.21. The van der Waals surface area contributed by atoms with Crippen molar-refractivity contribution in [1.29, 1.82) is 0 Å².